The molecule has 1 N–H and O–H groups in total. The molecule has 0 aliphatic carbocycles. The number of aromatic carboxylic acids is 1. The molecule has 0 aliphatic heterocycles. The Morgan fingerprint density at radius 2 is 2.05 bits per heavy atom. The lowest BCUT2D eigenvalue weighted by Gasteiger charge is -2.20. The van der Waals surface area contributed by atoms with Gasteiger partial charge in [-0.3, -0.25) is 0 Å². The highest BCUT2D eigenvalue weighted by Gasteiger charge is 2.11. The number of carbonyl (C=O) groups is 1. The lowest BCUT2D eigenvalue weighted by atomic mass is 10.4. The zero-order valence-corrected chi connectivity index (χ0v) is 13.7. The number of thioether (sulfide) groups is 1. The first-order valence-corrected chi connectivity index (χ1v) is 8.07. The van der Waals surface area contributed by atoms with Gasteiger partial charge in [0, 0.05) is 24.8 Å². The van der Waals surface area contributed by atoms with Gasteiger partial charge < -0.3 is 14.4 Å². The van der Waals surface area contributed by atoms with Crippen LogP contribution in [0.25, 0.3) is 0 Å². The van der Waals surface area contributed by atoms with Crippen molar-refractivity contribution in [3.8, 4) is 0 Å². The molecule has 22 heavy (non-hydrogen) atoms. The first-order valence-electron chi connectivity index (χ1n) is 7.09. The van der Waals surface area contributed by atoms with Crippen molar-refractivity contribution in [2.24, 2.45) is 0 Å². The lowest BCUT2D eigenvalue weighted by molar-refractivity contribution is 0.0661. The maximum Gasteiger partial charge on any atom is 0.371 e. The molecule has 0 spiro atoms. The van der Waals surface area contributed by atoms with Crippen LogP contribution < -0.4 is 4.90 Å². The van der Waals surface area contributed by atoms with E-state index >= 15 is 0 Å². The second-order valence-corrected chi connectivity index (χ2v) is 5.62. The molecule has 2 heterocycles. The van der Waals surface area contributed by atoms with Gasteiger partial charge in [-0.2, -0.15) is 0 Å². The molecule has 2 aromatic heterocycles. The Hall–Kier alpha value is -2.02. The summed E-state index contributed by atoms with van der Waals surface area (Å²) in [5.41, 5.74) is 0.907. The zero-order chi connectivity index (χ0) is 16.1. The molecule has 0 radical (unpaired) electrons. The summed E-state index contributed by atoms with van der Waals surface area (Å²) >= 11 is 1.43. The Morgan fingerprint density at radius 1 is 1.32 bits per heavy atom. The van der Waals surface area contributed by atoms with E-state index in [1.165, 1.54) is 17.8 Å². The highest BCUT2D eigenvalue weighted by molar-refractivity contribution is 7.98. The van der Waals surface area contributed by atoms with Gasteiger partial charge in [0.2, 0.25) is 5.76 Å². The SMILES string of the molecule is CCN(CC)c1cc(C)nc(SCc2ccc(C(=O)O)o2)n1. The Labute approximate surface area is 133 Å². The van der Waals surface area contributed by atoms with Crippen LogP contribution in [0.3, 0.4) is 0 Å². The number of rotatable bonds is 7. The Balaban J connectivity index is 2.10. The number of carboxylic acid groups (broad SMARTS) is 1. The van der Waals surface area contributed by atoms with Crippen LogP contribution >= 0.6 is 11.8 Å². The normalized spacial score (nSPS) is 10.7. The topological polar surface area (TPSA) is 79.5 Å². The highest BCUT2D eigenvalue weighted by atomic mass is 32.2. The molecular formula is C15H19N3O3S. The second-order valence-electron chi connectivity index (χ2n) is 4.68. The summed E-state index contributed by atoms with van der Waals surface area (Å²) in [6.45, 7) is 7.89. The van der Waals surface area contributed by atoms with Gasteiger partial charge in [-0.15, -0.1) is 0 Å². The van der Waals surface area contributed by atoms with Crippen molar-refractivity contribution in [3.63, 3.8) is 0 Å². The van der Waals surface area contributed by atoms with Gasteiger partial charge >= 0.3 is 5.97 Å². The smallest absolute Gasteiger partial charge is 0.371 e. The van der Waals surface area contributed by atoms with Gasteiger partial charge in [0.1, 0.15) is 11.6 Å². The molecule has 7 heteroatoms. The summed E-state index contributed by atoms with van der Waals surface area (Å²) in [7, 11) is 0. The Morgan fingerprint density at radius 3 is 2.64 bits per heavy atom. The zero-order valence-electron chi connectivity index (χ0n) is 12.9. The summed E-state index contributed by atoms with van der Waals surface area (Å²) in [4.78, 5) is 21.9. The highest BCUT2D eigenvalue weighted by Crippen LogP contribution is 2.23. The molecule has 0 aliphatic rings. The van der Waals surface area contributed by atoms with Crippen LogP contribution in [-0.4, -0.2) is 34.1 Å². The number of hydrogen-bond acceptors (Lipinski definition) is 6. The molecule has 6 nitrogen and oxygen atoms in total. The van der Waals surface area contributed by atoms with Gasteiger partial charge in [0.15, 0.2) is 5.16 Å². The van der Waals surface area contributed by atoms with Crippen LogP contribution in [-0.2, 0) is 5.75 Å². The minimum atomic E-state index is -1.06. The van der Waals surface area contributed by atoms with Crippen molar-refractivity contribution in [1.82, 2.24) is 9.97 Å². The Kier molecular flexibility index (Phi) is 5.43. The monoisotopic (exact) mass is 321 g/mol. The molecular weight excluding hydrogens is 302 g/mol. The first kappa shape index (κ1) is 16.4. The van der Waals surface area contributed by atoms with Crippen molar-refractivity contribution in [2.45, 2.75) is 31.7 Å². The lowest BCUT2D eigenvalue weighted by Crippen LogP contribution is -2.23. The van der Waals surface area contributed by atoms with E-state index in [4.69, 9.17) is 9.52 Å². The van der Waals surface area contributed by atoms with Crippen molar-refractivity contribution in [3.05, 3.63) is 35.4 Å². The van der Waals surface area contributed by atoms with E-state index < -0.39 is 5.97 Å². The number of furan rings is 1. The van der Waals surface area contributed by atoms with Crippen molar-refractivity contribution < 1.29 is 14.3 Å². The van der Waals surface area contributed by atoms with Crippen LogP contribution in [0.1, 0.15) is 35.9 Å². The summed E-state index contributed by atoms with van der Waals surface area (Å²) in [5, 5.41) is 9.50. The molecule has 118 valence electrons. The quantitative estimate of drug-likeness (QED) is 0.619. The van der Waals surface area contributed by atoms with Crippen molar-refractivity contribution in [1.29, 1.82) is 0 Å². The van der Waals surface area contributed by atoms with E-state index in [-0.39, 0.29) is 5.76 Å². The average Bonchev–Trinajstić information content (AvgIpc) is 2.95. The minimum absolute atomic E-state index is 0.0513. The van der Waals surface area contributed by atoms with Crippen molar-refractivity contribution >= 4 is 23.5 Å². The maximum atomic E-state index is 10.8. The number of anilines is 1. The van der Waals surface area contributed by atoms with Crippen LogP contribution in [0.4, 0.5) is 5.82 Å². The fraction of sp³-hybridized carbons (Fsp3) is 0.400. The molecule has 0 unspecified atom stereocenters. The molecule has 2 rings (SSSR count). The minimum Gasteiger partial charge on any atom is -0.475 e. The van der Waals surface area contributed by atoms with E-state index in [1.54, 1.807) is 6.07 Å². The largest absolute Gasteiger partial charge is 0.475 e. The molecule has 0 fully saturated rings. The van der Waals surface area contributed by atoms with Gasteiger partial charge in [-0.25, -0.2) is 14.8 Å². The average molecular weight is 321 g/mol. The van der Waals surface area contributed by atoms with Crippen LogP contribution in [0.15, 0.2) is 27.8 Å². The van der Waals surface area contributed by atoms with E-state index in [9.17, 15) is 4.79 Å². The first-order chi connectivity index (χ1) is 10.5. The standard InChI is InChI=1S/C15H19N3O3S/c1-4-18(5-2)13-8-10(3)16-15(17-13)22-9-11-6-7-12(21-11)14(19)20/h6-8H,4-5,9H2,1-3H3,(H,19,20). The molecule has 0 amide bonds. The number of carboxylic acids is 1. The number of nitrogens with zero attached hydrogens (tertiary/aromatic N) is 3. The summed E-state index contributed by atoms with van der Waals surface area (Å²) < 4.78 is 5.23. The summed E-state index contributed by atoms with van der Waals surface area (Å²) in [6, 6.07) is 5.08. The van der Waals surface area contributed by atoms with Gasteiger partial charge in [0.05, 0.1) is 5.75 Å². The summed E-state index contributed by atoms with van der Waals surface area (Å²) in [6.07, 6.45) is 0. The number of aromatic nitrogens is 2. The molecule has 0 saturated carbocycles. The molecule has 0 saturated heterocycles. The third kappa shape index (κ3) is 4.00. The van der Waals surface area contributed by atoms with Gasteiger partial charge in [-0.05, 0) is 32.9 Å². The molecule has 0 atom stereocenters. The predicted molar refractivity (Wildman–Crippen MR) is 85.6 cm³/mol. The van der Waals surface area contributed by atoms with Crippen LogP contribution in [0.2, 0.25) is 0 Å². The number of aryl methyl sites for hydroxylation is 1. The van der Waals surface area contributed by atoms with Crippen LogP contribution in [0.5, 0.6) is 0 Å². The molecule has 0 aromatic carbocycles. The van der Waals surface area contributed by atoms with Gasteiger partial charge in [-0.1, -0.05) is 11.8 Å². The fourth-order valence-electron chi connectivity index (χ4n) is 2.01. The van der Waals surface area contributed by atoms with E-state index in [1.807, 2.05) is 13.0 Å². The maximum absolute atomic E-state index is 10.8. The molecule has 2 aromatic rings. The van der Waals surface area contributed by atoms with Crippen molar-refractivity contribution in [2.75, 3.05) is 18.0 Å². The Bertz CT molecular complexity index is 653. The van der Waals surface area contributed by atoms with Gasteiger partial charge in [0.25, 0.3) is 0 Å². The summed E-state index contributed by atoms with van der Waals surface area (Å²) in [5.74, 6) is 0.882. The third-order valence-electron chi connectivity index (χ3n) is 3.12. The van der Waals surface area contributed by atoms with E-state index in [2.05, 4.69) is 28.7 Å². The predicted octanol–water partition coefficient (Wildman–Crippen LogP) is 3.21. The fourth-order valence-corrected chi connectivity index (χ4v) is 2.80. The van der Waals surface area contributed by atoms with E-state index in [0.29, 0.717) is 16.7 Å². The molecule has 0 bridgehead atoms. The number of hydrogen-bond donors (Lipinski definition) is 1. The van der Waals surface area contributed by atoms with Crippen LogP contribution in [0, 0.1) is 6.92 Å². The van der Waals surface area contributed by atoms with E-state index in [0.717, 1.165) is 24.6 Å². The second kappa shape index (κ2) is 7.31. The third-order valence-corrected chi connectivity index (χ3v) is 3.99.